The van der Waals surface area contributed by atoms with Crippen molar-refractivity contribution in [3.63, 3.8) is 0 Å². The summed E-state index contributed by atoms with van der Waals surface area (Å²) in [6.45, 7) is 5.40. The van der Waals surface area contributed by atoms with Gasteiger partial charge in [0, 0.05) is 15.7 Å². The third-order valence-electron chi connectivity index (χ3n) is 3.72. The molecule has 0 radical (unpaired) electrons. The van der Waals surface area contributed by atoms with E-state index in [1.165, 1.54) is 4.90 Å². The Balaban J connectivity index is 1.92. The number of aliphatic hydroxyl groups is 1. The molecule has 3 nitrogen and oxygen atoms in total. The van der Waals surface area contributed by atoms with Crippen LogP contribution in [-0.2, 0) is 0 Å². The standard InChI is InChI=1S/C14H23NO2S/c1-3-7-15-14(10-16)6-4-12(9-14)18-13-5-8-17-11(13)2/h5,8,12,15-16H,3-4,6-7,9-10H2,1-2H3. The Hall–Kier alpha value is -0.450. The van der Waals surface area contributed by atoms with Gasteiger partial charge in [-0.15, -0.1) is 11.8 Å². The minimum Gasteiger partial charge on any atom is -0.468 e. The van der Waals surface area contributed by atoms with E-state index < -0.39 is 0 Å². The van der Waals surface area contributed by atoms with Gasteiger partial charge in [0.25, 0.3) is 0 Å². The summed E-state index contributed by atoms with van der Waals surface area (Å²) in [5.41, 5.74) is -0.0503. The zero-order chi connectivity index (χ0) is 13.0. The van der Waals surface area contributed by atoms with Gasteiger partial charge in [-0.2, -0.15) is 0 Å². The molecule has 2 rings (SSSR count). The summed E-state index contributed by atoms with van der Waals surface area (Å²) in [6, 6.07) is 2.04. The van der Waals surface area contributed by atoms with E-state index in [9.17, 15) is 5.11 Å². The van der Waals surface area contributed by atoms with Gasteiger partial charge in [0.1, 0.15) is 5.76 Å². The second kappa shape index (κ2) is 6.13. The lowest BCUT2D eigenvalue weighted by Gasteiger charge is -2.28. The number of rotatable bonds is 6. The second-order valence-corrected chi connectivity index (χ2v) is 6.53. The van der Waals surface area contributed by atoms with E-state index in [0.29, 0.717) is 5.25 Å². The Morgan fingerprint density at radius 2 is 2.44 bits per heavy atom. The first kappa shape index (κ1) is 14.0. The van der Waals surface area contributed by atoms with Crippen molar-refractivity contribution in [1.82, 2.24) is 5.32 Å². The van der Waals surface area contributed by atoms with Crippen molar-refractivity contribution in [3.05, 3.63) is 18.1 Å². The first-order valence-corrected chi connectivity index (χ1v) is 7.64. The fraction of sp³-hybridized carbons (Fsp3) is 0.714. The van der Waals surface area contributed by atoms with E-state index in [1.807, 2.05) is 24.8 Å². The first-order valence-electron chi connectivity index (χ1n) is 6.76. The molecule has 1 aliphatic carbocycles. The van der Waals surface area contributed by atoms with Crippen molar-refractivity contribution in [1.29, 1.82) is 0 Å². The largest absolute Gasteiger partial charge is 0.468 e. The number of hydrogen-bond acceptors (Lipinski definition) is 4. The van der Waals surface area contributed by atoms with E-state index >= 15 is 0 Å². The molecule has 0 aromatic carbocycles. The molecule has 0 amide bonds. The van der Waals surface area contributed by atoms with Crippen LogP contribution >= 0.6 is 11.8 Å². The van der Waals surface area contributed by atoms with Gasteiger partial charge in [-0.1, -0.05) is 6.92 Å². The molecule has 1 saturated carbocycles. The Morgan fingerprint density at radius 3 is 3.06 bits per heavy atom. The van der Waals surface area contributed by atoms with Crippen molar-refractivity contribution in [2.45, 2.75) is 55.2 Å². The number of nitrogens with one attached hydrogen (secondary N) is 1. The van der Waals surface area contributed by atoms with E-state index in [0.717, 1.165) is 38.0 Å². The molecule has 0 bridgehead atoms. The van der Waals surface area contributed by atoms with Gasteiger partial charge in [0.2, 0.25) is 0 Å². The van der Waals surface area contributed by atoms with E-state index in [2.05, 4.69) is 12.2 Å². The predicted molar refractivity (Wildman–Crippen MR) is 75.1 cm³/mol. The number of hydrogen-bond donors (Lipinski definition) is 2. The third-order valence-corrected chi connectivity index (χ3v) is 5.13. The van der Waals surface area contributed by atoms with Gasteiger partial charge < -0.3 is 14.8 Å². The molecule has 2 unspecified atom stereocenters. The summed E-state index contributed by atoms with van der Waals surface area (Å²) in [6.07, 6.45) is 6.13. The maximum atomic E-state index is 9.65. The smallest absolute Gasteiger partial charge is 0.114 e. The van der Waals surface area contributed by atoms with Gasteiger partial charge in [-0.3, -0.25) is 0 Å². The molecule has 0 aliphatic heterocycles. The van der Waals surface area contributed by atoms with Crippen LogP contribution in [0.4, 0.5) is 0 Å². The van der Waals surface area contributed by atoms with Crippen molar-refractivity contribution in [2.75, 3.05) is 13.2 Å². The number of thioether (sulfide) groups is 1. The molecule has 0 spiro atoms. The molecule has 18 heavy (non-hydrogen) atoms. The fourth-order valence-electron chi connectivity index (χ4n) is 2.60. The minimum absolute atomic E-state index is 0.0503. The lowest BCUT2D eigenvalue weighted by atomic mass is 9.99. The van der Waals surface area contributed by atoms with Crippen LogP contribution in [-0.4, -0.2) is 29.0 Å². The normalized spacial score (nSPS) is 27.8. The molecule has 1 aromatic heterocycles. The van der Waals surface area contributed by atoms with Crippen LogP contribution in [0.1, 0.15) is 38.4 Å². The van der Waals surface area contributed by atoms with Crippen LogP contribution < -0.4 is 5.32 Å². The van der Waals surface area contributed by atoms with Crippen LogP contribution in [0.15, 0.2) is 21.6 Å². The maximum absolute atomic E-state index is 9.65. The molecule has 2 atom stereocenters. The maximum Gasteiger partial charge on any atom is 0.114 e. The third kappa shape index (κ3) is 3.11. The molecule has 102 valence electrons. The SMILES string of the molecule is CCCNC1(CO)CCC(Sc2ccoc2C)C1. The number of aryl methyl sites for hydroxylation is 1. The molecular weight excluding hydrogens is 246 g/mol. The number of aliphatic hydroxyl groups excluding tert-OH is 1. The topological polar surface area (TPSA) is 45.4 Å². The highest BCUT2D eigenvalue weighted by Gasteiger charge is 2.38. The molecule has 1 heterocycles. The highest BCUT2D eigenvalue weighted by atomic mass is 32.2. The van der Waals surface area contributed by atoms with Gasteiger partial charge in [0.05, 0.1) is 12.9 Å². The second-order valence-electron chi connectivity index (χ2n) is 5.19. The van der Waals surface area contributed by atoms with Gasteiger partial charge >= 0.3 is 0 Å². The minimum atomic E-state index is -0.0503. The molecule has 2 N–H and O–H groups in total. The lowest BCUT2D eigenvalue weighted by molar-refractivity contribution is 0.165. The number of furan rings is 1. The summed E-state index contributed by atoms with van der Waals surface area (Å²) < 4.78 is 5.33. The van der Waals surface area contributed by atoms with Crippen LogP contribution in [0.5, 0.6) is 0 Å². The van der Waals surface area contributed by atoms with Gasteiger partial charge in [0.15, 0.2) is 0 Å². The highest BCUT2D eigenvalue weighted by Crippen LogP contribution is 2.41. The lowest BCUT2D eigenvalue weighted by Crippen LogP contribution is -2.46. The summed E-state index contributed by atoms with van der Waals surface area (Å²) >= 11 is 1.89. The van der Waals surface area contributed by atoms with Crippen molar-refractivity contribution in [3.8, 4) is 0 Å². The van der Waals surface area contributed by atoms with E-state index in [-0.39, 0.29) is 12.1 Å². The average molecular weight is 269 g/mol. The first-order chi connectivity index (χ1) is 8.69. The summed E-state index contributed by atoms with van der Waals surface area (Å²) in [5, 5.41) is 13.8. The van der Waals surface area contributed by atoms with Crippen molar-refractivity contribution < 1.29 is 9.52 Å². The van der Waals surface area contributed by atoms with Gasteiger partial charge in [-0.05, 0) is 45.2 Å². The fourth-order valence-corrected chi connectivity index (χ4v) is 3.95. The summed E-state index contributed by atoms with van der Waals surface area (Å²) in [7, 11) is 0. The summed E-state index contributed by atoms with van der Waals surface area (Å²) in [5.74, 6) is 1.00. The highest BCUT2D eigenvalue weighted by molar-refractivity contribution is 8.00. The van der Waals surface area contributed by atoms with Crippen LogP contribution in [0.3, 0.4) is 0 Å². The van der Waals surface area contributed by atoms with Crippen LogP contribution in [0, 0.1) is 6.92 Å². The molecule has 4 heteroatoms. The molecule has 1 aromatic rings. The van der Waals surface area contributed by atoms with E-state index in [4.69, 9.17) is 4.42 Å². The Bertz CT molecular complexity index is 380. The average Bonchev–Trinajstić information content (AvgIpc) is 2.96. The molecular formula is C14H23NO2S. The Morgan fingerprint density at radius 1 is 1.61 bits per heavy atom. The molecule has 1 fully saturated rings. The van der Waals surface area contributed by atoms with Crippen molar-refractivity contribution in [2.24, 2.45) is 0 Å². The van der Waals surface area contributed by atoms with Crippen molar-refractivity contribution >= 4 is 11.8 Å². The Labute approximate surface area is 113 Å². The molecule has 1 aliphatic rings. The summed E-state index contributed by atoms with van der Waals surface area (Å²) in [4.78, 5) is 1.24. The van der Waals surface area contributed by atoms with Crippen LogP contribution in [0.25, 0.3) is 0 Å². The zero-order valence-corrected chi connectivity index (χ0v) is 12.1. The Kier molecular flexibility index (Phi) is 4.76. The predicted octanol–water partition coefficient (Wildman–Crippen LogP) is 2.96. The van der Waals surface area contributed by atoms with E-state index in [1.54, 1.807) is 6.26 Å². The monoisotopic (exact) mass is 269 g/mol. The zero-order valence-electron chi connectivity index (χ0n) is 11.2. The van der Waals surface area contributed by atoms with Gasteiger partial charge in [-0.25, -0.2) is 0 Å². The molecule has 0 saturated heterocycles. The quantitative estimate of drug-likeness (QED) is 0.833. The van der Waals surface area contributed by atoms with Crippen LogP contribution in [0.2, 0.25) is 0 Å².